The lowest BCUT2D eigenvalue weighted by Crippen LogP contribution is -2.52. The highest BCUT2D eigenvalue weighted by atomic mass is 16.4. The monoisotopic (exact) mass is 402 g/mol. The topological polar surface area (TPSA) is 107 Å². The largest absolute Gasteiger partial charge is 0.478 e. The number of amides is 1. The quantitative estimate of drug-likeness (QED) is 0.769. The molecular formula is C23H18N2O5. The summed E-state index contributed by atoms with van der Waals surface area (Å²) in [6.07, 6.45) is 7.84. The van der Waals surface area contributed by atoms with Gasteiger partial charge < -0.3 is 15.1 Å². The van der Waals surface area contributed by atoms with Gasteiger partial charge >= 0.3 is 11.9 Å². The molecule has 0 saturated heterocycles. The van der Waals surface area contributed by atoms with Crippen molar-refractivity contribution in [2.75, 3.05) is 0 Å². The van der Waals surface area contributed by atoms with Crippen LogP contribution < -0.4 is 0 Å². The first kappa shape index (κ1) is 19.3. The zero-order valence-corrected chi connectivity index (χ0v) is 15.9. The molecule has 7 nitrogen and oxygen atoms in total. The van der Waals surface area contributed by atoms with Crippen LogP contribution in [-0.4, -0.2) is 44.3 Å². The lowest BCUT2D eigenvalue weighted by molar-refractivity contribution is -0.124. The molecule has 0 aromatic heterocycles. The van der Waals surface area contributed by atoms with Crippen molar-refractivity contribution in [1.82, 2.24) is 4.90 Å². The molecule has 2 heterocycles. The first-order chi connectivity index (χ1) is 14.4. The third kappa shape index (κ3) is 3.41. The summed E-state index contributed by atoms with van der Waals surface area (Å²) in [6.45, 7) is 0. The molecule has 2 aliphatic heterocycles. The highest BCUT2D eigenvalue weighted by Gasteiger charge is 2.49. The van der Waals surface area contributed by atoms with Crippen molar-refractivity contribution in [1.29, 1.82) is 0 Å². The summed E-state index contributed by atoms with van der Waals surface area (Å²) in [6, 6.07) is 12.9. The number of rotatable bonds is 6. The van der Waals surface area contributed by atoms with Crippen molar-refractivity contribution in [3.05, 3.63) is 95.2 Å². The fourth-order valence-corrected chi connectivity index (χ4v) is 3.79. The molecule has 0 fully saturated rings. The average Bonchev–Trinajstić information content (AvgIpc) is 3.00. The predicted octanol–water partition coefficient (Wildman–Crippen LogP) is 2.93. The van der Waals surface area contributed by atoms with E-state index in [0.717, 1.165) is 11.1 Å². The van der Waals surface area contributed by atoms with E-state index in [9.17, 15) is 14.4 Å². The van der Waals surface area contributed by atoms with Gasteiger partial charge in [-0.2, -0.15) is 4.99 Å². The van der Waals surface area contributed by atoms with E-state index in [1.165, 1.54) is 24.3 Å². The molecule has 0 atom stereocenters. The molecule has 2 aromatic carbocycles. The van der Waals surface area contributed by atoms with Crippen LogP contribution in [0.4, 0.5) is 0 Å². The Balaban J connectivity index is 1.71. The smallest absolute Gasteiger partial charge is 0.335 e. The Morgan fingerprint density at radius 3 is 1.80 bits per heavy atom. The zero-order chi connectivity index (χ0) is 21.3. The normalized spacial score (nSPS) is 16.3. The Labute approximate surface area is 172 Å². The van der Waals surface area contributed by atoms with Crippen LogP contribution in [0.15, 0.2) is 78.0 Å². The van der Waals surface area contributed by atoms with Gasteiger partial charge in [0.2, 0.25) is 0 Å². The molecule has 2 aromatic rings. The molecular weight excluding hydrogens is 384 g/mol. The summed E-state index contributed by atoms with van der Waals surface area (Å²) in [7, 11) is 0. The molecule has 0 saturated carbocycles. The number of allylic oxidation sites excluding steroid dienone is 2. The van der Waals surface area contributed by atoms with Crippen molar-refractivity contribution in [2.24, 2.45) is 4.99 Å². The lowest BCUT2D eigenvalue weighted by Gasteiger charge is -2.37. The fraction of sp³-hybridized carbons (Fsp3) is 0.130. The van der Waals surface area contributed by atoms with E-state index in [-0.39, 0.29) is 17.0 Å². The van der Waals surface area contributed by atoms with E-state index in [1.807, 2.05) is 17.1 Å². The van der Waals surface area contributed by atoms with Crippen molar-refractivity contribution in [3.63, 3.8) is 0 Å². The van der Waals surface area contributed by atoms with E-state index in [1.54, 1.807) is 36.5 Å². The van der Waals surface area contributed by atoms with Crippen molar-refractivity contribution >= 4 is 23.7 Å². The highest BCUT2D eigenvalue weighted by molar-refractivity contribution is 6.12. The molecule has 0 bridgehead atoms. The number of aromatic carboxylic acids is 2. The minimum absolute atomic E-state index is 0.174. The molecule has 30 heavy (non-hydrogen) atoms. The van der Waals surface area contributed by atoms with Gasteiger partial charge in [-0.05, 0) is 47.5 Å². The number of fused-ring (bicyclic) bond motifs is 1. The highest BCUT2D eigenvalue weighted by Crippen LogP contribution is 2.34. The summed E-state index contributed by atoms with van der Waals surface area (Å²) in [5, 5.41) is 18.2. The Hall–Kier alpha value is -4.00. The second kappa shape index (κ2) is 7.44. The number of carboxylic acid groups (broad SMARTS) is 2. The third-order valence-corrected chi connectivity index (χ3v) is 5.31. The summed E-state index contributed by atoms with van der Waals surface area (Å²) in [5.41, 5.74) is 0.927. The maximum Gasteiger partial charge on any atom is 0.335 e. The number of aliphatic imine (C=N–C) groups is 1. The minimum atomic E-state index is -1.02. The van der Waals surface area contributed by atoms with E-state index < -0.39 is 17.5 Å². The van der Waals surface area contributed by atoms with Crippen molar-refractivity contribution in [2.45, 2.75) is 18.4 Å². The van der Waals surface area contributed by atoms with Gasteiger partial charge in [0.15, 0.2) is 0 Å². The van der Waals surface area contributed by atoms with Gasteiger partial charge in [0.05, 0.1) is 11.1 Å². The Morgan fingerprint density at radius 1 is 0.833 bits per heavy atom. The average molecular weight is 402 g/mol. The minimum Gasteiger partial charge on any atom is -0.478 e. The number of nitrogens with zero attached hydrogens (tertiary/aromatic N) is 2. The van der Waals surface area contributed by atoms with Gasteiger partial charge in [0.1, 0.15) is 11.4 Å². The van der Waals surface area contributed by atoms with E-state index in [2.05, 4.69) is 4.99 Å². The van der Waals surface area contributed by atoms with Crippen LogP contribution in [0, 0.1) is 0 Å². The molecule has 1 amide bonds. The second-order valence-corrected chi connectivity index (χ2v) is 7.24. The van der Waals surface area contributed by atoms with E-state index in [0.29, 0.717) is 18.7 Å². The molecule has 0 aliphatic carbocycles. The number of hydrogen-bond donors (Lipinski definition) is 2. The summed E-state index contributed by atoms with van der Waals surface area (Å²) in [4.78, 5) is 41.5. The van der Waals surface area contributed by atoms with Crippen molar-refractivity contribution in [3.8, 4) is 0 Å². The van der Waals surface area contributed by atoms with Gasteiger partial charge in [-0.25, -0.2) is 9.59 Å². The Bertz CT molecular complexity index is 1050. The van der Waals surface area contributed by atoms with Crippen LogP contribution in [0.2, 0.25) is 0 Å². The number of carboxylic acids is 2. The van der Waals surface area contributed by atoms with Gasteiger partial charge in [0, 0.05) is 19.0 Å². The maximum absolute atomic E-state index is 13.1. The van der Waals surface area contributed by atoms with Crippen LogP contribution in [-0.2, 0) is 17.6 Å². The first-order valence-electron chi connectivity index (χ1n) is 9.31. The van der Waals surface area contributed by atoms with Crippen LogP contribution in [0.5, 0.6) is 0 Å². The number of carbonyl (C=O) groups excluding carboxylic acids is 1. The molecule has 7 heteroatoms. The molecule has 0 spiro atoms. The van der Waals surface area contributed by atoms with Gasteiger partial charge in [-0.15, -0.1) is 0 Å². The lowest BCUT2D eigenvalue weighted by atomic mass is 9.82. The molecule has 0 radical (unpaired) electrons. The summed E-state index contributed by atoms with van der Waals surface area (Å²) >= 11 is 0. The Kier molecular flexibility index (Phi) is 4.79. The number of benzene rings is 2. The SMILES string of the molecule is O=C(O)c1ccc(CC2(Cc3ccc(C(=O)O)cc3)C(=O)N=C3C=CC=CN32)cc1. The summed E-state index contributed by atoms with van der Waals surface area (Å²) in [5.74, 6) is -1.77. The number of hydrogen-bond acceptors (Lipinski definition) is 4. The van der Waals surface area contributed by atoms with Crippen LogP contribution in [0.25, 0.3) is 0 Å². The fourth-order valence-electron chi connectivity index (χ4n) is 3.79. The van der Waals surface area contributed by atoms with Crippen LogP contribution in [0.1, 0.15) is 31.8 Å². The van der Waals surface area contributed by atoms with Crippen LogP contribution in [0.3, 0.4) is 0 Å². The van der Waals surface area contributed by atoms with Crippen molar-refractivity contribution < 1.29 is 24.6 Å². The second-order valence-electron chi connectivity index (χ2n) is 7.24. The first-order valence-corrected chi connectivity index (χ1v) is 9.31. The zero-order valence-electron chi connectivity index (χ0n) is 15.9. The maximum atomic E-state index is 13.1. The third-order valence-electron chi connectivity index (χ3n) is 5.31. The molecule has 2 aliphatic rings. The molecule has 0 unspecified atom stereocenters. The van der Waals surface area contributed by atoms with Gasteiger partial charge in [0.25, 0.3) is 5.91 Å². The Morgan fingerprint density at radius 2 is 1.33 bits per heavy atom. The molecule has 2 N–H and O–H groups in total. The van der Waals surface area contributed by atoms with E-state index >= 15 is 0 Å². The number of carbonyl (C=O) groups is 3. The van der Waals surface area contributed by atoms with E-state index in [4.69, 9.17) is 10.2 Å². The molecule has 150 valence electrons. The van der Waals surface area contributed by atoms with Gasteiger partial charge in [-0.3, -0.25) is 4.79 Å². The summed E-state index contributed by atoms with van der Waals surface area (Å²) < 4.78 is 0. The standard InChI is InChI=1S/C23H18N2O5/c26-20(27)17-8-4-15(5-9-17)13-23(14-16-6-10-18(11-7-16)21(28)29)22(30)24-19-3-1-2-12-25(19)23/h1-12H,13-14H2,(H,26,27)(H,28,29). The number of amidine groups is 1. The van der Waals surface area contributed by atoms with Crippen LogP contribution >= 0.6 is 0 Å². The predicted molar refractivity (Wildman–Crippen MR) is 110 cm³/mol. The molecule has 4 rings (SSSR count). The van der Waals surface area contributed by atoms with Gasteiger partial charge in [-0.1, -0.05) is 30.3 Å².